The van der Waals surface area contributed by atoms with E-state index in [0.29, 0.717) is 12.3 Å². The van der Waals surface area contributed by atoms with Gasteiger partial charge in [0.1, 0.15) is 5.82 Å². The van der Waals surface area contributed by atoms with Gasteiger partial charge in [-0.05, 0) is 37.5 Å². The number of aromatic carboxylic acids is 1. The van der Waals surface area contributed by atoms with Gasteiger partial charge in [-0.25, -0.2) is 22.3 Å². The lowest BCUT2D eigenvalue weighted by Crippen LogP contribution is -2.33. The van der Waals surface area contributed by atoms with E-state index >= 15 is 0 Å². The molecule has 0 aliphatic rings. The molecule has 5 nitrogen and oxygen atoms in total. The Labute approximate surface area is 124 Å². The van der Waals surface area contributed by atoms with Crippen LogP contribution in [0.3, 0.4) is 0 Å². The van der Waals surface area contributed by atoms with Gasteiger partial charge in [-0.3, -0.25) is 0 Å². The van der Waals surface area contributed by atoms with E-state index in [1.807, 2.05) is 13.8 Å². The summed E-state index contributed by atoms with van der Waals surface area (Å²) in [5.74, 6) is -2.10. The van der Waals surface area contributed by atoms with E-state index in [1.54, 1.807) is 6.92 Å². The number of carboxylic acid groups (broad SMARTS) is 1. The van der Waals surface area contributed by atoms with Gasteiger partial charge in [0.2, 0.25) is 10.0 Å². The number of rotatable bonds is 7. The number of carbonyl (C=O) groups is 1. The number of carboxylic acids is 1. The average Bonchev–Trinajstić information content (AvgIpc) is 2.37. The summed E-state index contributed by atoms with van der Waals surface area (Å²) in [6.07, 6.45) is 1.61. The molecule has 0 aliphatic heterocycles. The number of nitrogens with one attached hydrogen (secondary N) is 1. The Balaban J connectivity index is 2.98. The molecular formula is C14H20FNO4S. The van der Waals surface area contributed by atoms with Crippen molar-refractivity contribution in [1.29, 1.82) is 0 Å². The predicted octanol–water partition coefficient (Wildman–Crippen LogP) is 2.63. The monoisotopic (exact) mass is 317 g/mol. The lowest BCUT2D eigenvalue weighted by molar-refractivity contribution is 0.0691. The normalized spacial score (nSPS) is 14.7. The maximum Gasteiger partial charge on any atom is 0.338 e. The Bertz CT molecular complexity index is 615. The molecule has 0 saturated carbocycles. The van der Waals surface area contributed by atoms with Crippen molar-refractivity contribution in [3.05, 3.63) is 29.6 Å². The third-order valence-electron chi connectivity index (χ3n) is 3.29. The fourth-order valence-corrected chi connectivity index (χ4v) is 3.27. The molecule has 0 amide bonds. The van der Waals surface area contributed by atoms with Crippen LogP contribution in [0.15, 0.2) is 23.1 Å². The third-order valence-corrected chi connectivity index (χ3v) is 4.87. The van der Waals surface area contributed by atoms with Gasteiger partial charge in [0.25, 0.3) is 0 Å². The molecule has 2 unspecified atom stereocenters. The Morgan fingerprint density at radius 2 is 2.00 bits per heavy atom. The number of hydrogen-bond acceptors (Lipinski definition) is 3. The molecular weight excluding hydrogens is 297 g/mol. The first-order chi connectivity index (χ1) is 9.67. The standard InChI is InChI=1S/C14H20FNO4S/c1-4-9(2)7-10(3)16-21(19,20)11-5-6-13(15)12(8-11)14(17)18/h5-6,8-10,16H,4,7H2,1-3H3,(H,17,18). The van der Waals surface area contributed by atoms with Crippen molar-refractivity contribution in [3.63, 3.8) is 0 Å². The van der Waals surface area contributed by atoms with Crippen molar-refractivity contribution >= 4 is 16.0 Å². The summed E-state index contributed by atoms with van der Waals surface area (Å²) >= 11 is 0. The topological polar surface area (TPSA) is 83.5 Å². The molecule has 2 N–H and O–H groups in total. The molecule has 0 aromatic heterocycles. The van der Waals surface area contributed by atoms with E-state index in [1.165, 1.54) is 0 Å². The lowest BCUT2D eigenvalue weighted by atomic mass is 10.0. The van der Waals surface area contributed by atoms with Gasteiger partial charge >= 0.3 is 5.97 Å². The molecule has 1 rings (SSSR count). The molecule has 0 spiro atoms. The molecule has 0 radical (unpaired) electrons. The van der Waals surface area contributed by atoms with Gasteiger partial charge in [-0.15, -0.1) is 0 Å². The summed E-state index contributed by atoms with van der Waals surface area (Å²) in [4.78, 5) is 10.6. The summed E-state index contributed by atoms with van der Waals surface area (Å²) in [5, 5.41) is 8.83. The lowest BCUT2D eigenvalue weighted by Gasteiger charge is -2.17. The van der Waals surface area contributed by atoms with E-state index in [4.69, 9.17) is 5.11 Å². The highest BCUT2D eigenvalue weighted by atomic mass is 32.2. The van der Waals surface area contributed by atoms with E-state index < -0.39 is 27.4 Å². The van der Waals surface area contributed by atoms with Gasteiger partial charge in [0, 0.05) is 6.04 Å². The molecule has 1 aromatic rings. The largest absolute Gasteiger partial charge is 0.478 e. The first-order valence-corrected chi connectivity index (χ1v) is 8.20. The van der Waals surface area contributed by atoms with Crippen LogP contribution in [0.1, 0.15) is 44.0 Å². The number of hydrogen-bond donors (Lipinski definition) is 2. The maximum atomic E-state index is 13.3. The van der Waals surface area contributed by atoms with Crippen LogP contribution in [-0.2, 0) is 10.0 Å². The van der Waals surface area contributed by atoms with E-state index in [-0.39, 0.29) is 10.9 Å². The van der Waals surface area contributed by atoms with Gasteiger partial charge in [-0.1, -0.05) is 20.3 Å². The third kappa shape index (κ3) is 4.78. The zero-order valence-corrected chi connectivity index (χ0v) is 13.1. The molecule has 118 valence electrons. The quantitative estimate of drug-likeness (QED) is 0.810. The minimum atomic E-state index is -3.87. The maximum absolute atomic E-state index is 13.3. The summed E-state index contributed by atoms with van der Waals surface area (Å²) in [6, 6.07) is 2.44. The molecule has 0 aliphatic carbocycles. The van der Waals surface area contributed by atoms with Crippen LogP contribution in [0.4, 0.5) is 4.39 Å². The summed E-state index contributed by atoms with van der Waals surface area (Å²) in [7, 11) is -3.87. The van der Waals surface area contributed by atoms with Crippen molar-refractivity contribution in [3.8, 4) is 0 Å². The molecule has 0 heterocycles. The molecule has 1 aromatic carbocycles. The smallest absolute Gasteiger partial charge is 0.338 e. The Kier molecular flexibility index (Phi) is 5.86. The number of benzene rings is 1. The van der Waals surface area contributed by atoms with Crippen LogP contribution in [0.25, 0.3) is 0 Å². The minimum Gasteiger partial charge on any atom is -0.478 e. The van der Waals surface area contributed by atoms with Crippen molar-refractivity contribution in [2.75, 3.05) is 0 Å². The van der Waals surface area contributed by atoms with Crippen molar-refractivity contribution < 1.29 is 22.7 Å². The molecule has 7 heteroatoms. The number of sulfonamides is 1. The minimum absolute atomic E-state index is 0.252. The Morgan fingerprint density at radius 3 is 2.52 bits per heavy atom. The average molecular weight is 317 g/mol. The molecule has 0 bridgehead atoms. The highest BCUT2D eigenvalue weighted by molar-refractivity contribution is 7.89. The Hall–Kier alpha value is -1.47. The van der Waals surface area contributed by atoms with Crippen LogP contribution >= 0.6 is 0 Å². The first-order valence-electron chi connectivity index (χ1n) is 6.72. The first kappa shape index (κ1) is 17.6. The van der Waals surface area contributed by atoms with Crippen molar-refractivity contribution in [2.45, 2.75) is 44.6 Å². The predicted molar refractivity (Wildman–Crippen MR) is 77.2 cm³/mol. The highest BCUT2D eigenvalue weighted by Gasteiger charge is 2.21. The summed E-state index contributed by atoms with van der Waals surface area (Å²) < 4.78 is 40.1. The Morgan fingerprint density at radius 1 is 1.38 bits per heavy atom. The fourth-order valence-electron chi connectivity index (χ4n) is 1.99. The zero-order chi connectivity index (χ0) is 16.2. The second-order valence-electron chi connectivity index (χ2n) is 5.22. The molecule has 0 fully saturated rings. The second-order valence-corrected chi connectivity index (χ2v) is 6.93. The molecule has 0 saturated heterocycles. The van der Waals surface area contributed by atoms with Crippen LogP contribution < -0.4 is 4.72 Å². The van der Waals surface area contributed by atoms with Crippen LogP contribution in [0, 0.1) is 11.7 Å². The van der Waals surface area contributed by atoms with Crippen molar-refractivity contribution in [2.24, 2.45) is 5.92 Å². The molecule has 21 heavy (non-hydrogen) atoms. The van der Waals surface area contributed by atoms with Crippen LogP contribution in [-0.4, -0.2) is 25.5 Å². The van der Waals surface area contributed by atoms with Gasteiger partial charge in [-0.2, -0.15) is 0 Å². The summed E-state index contributed by atoms with van der Waals surface area (Å²) in [6.45, 7) is 5.78. The van der Waals surface area contributed by atoms with E-state index in [0.717, 1.165) is 24.6 Å². The van der Waals surface area contributed by atoms with Gasteiger partial charge < -0.3 is 5.11 Å². The second kappa shape index (κ2) is 7.00. The van der Waals surface area contributed by atoms with Gasteiger partial charge in [0.05, 0.1) is 10.5 Å². The van der Waals surface area contributed by atoms with Crippen LogP contribution in [0.2, 0.25) is 0 Å². The number of halogens is 1. The SMILES string of the molecule is CCC(C)CC(C)NS(=O)(=O)c1ccc(F)c(C(=O)O)c1. The highest BCUT2D eigenvalue weighted by Crippen LogP contribution is 2.17. The summed E-state index contributed by atoms with van der Waals surface area (Å²) in [5.41, 5.74) is -0.660. The zero-order valence-electron chi connectivity index (χ0n) is 12.3. The van der Waals surface area contributed by atoms with E-state index in [9.17, 15) is 17.6 Å². The van der Waals surface area contributed by atoms with Gasteiger partial charge in [0.15, 0.2) is 0 Å². The molecule has 2 atom stereocenters. The van der Waals surface area contributed by atoms with Crippen molar-refractivity contribution in [1.82, 2.24) is 4.72 Å². The van der Waals surface area contributed by atoms with E-state index in [2.05, 4.69) is 4.72 Å². The van der Waals surface area contributed by atoms with Crippen LogP contribution in [0.5, 0.6) is 0 Å². The fraction of sp³-hybridized carbons (Fsp3) is 0.500.